The van der Waals surface area contributed by atoms with E-state index in [4.69, 9.17) is 4.99 Å². The van der Waals surface area contributed by atoms with Crippen LogP contribution >= 0.6 is 0 Å². The van der Waals surface area contributed by atoms with E-state index in [9.17, 15) is 0 Å². The van der Waals surface area contributed by atoms with Gasteiger partial charge in [-0.2, -0.15) is 0 Å². The highest BCUT2D eigenvalue weighted by molar-refractivity contribution is 6.17. The van der Waals surface area contributed by atoms with Gasteiger partial charge in [0.25, 0.3) is 0 Å². The molecule has 1 aromatic carbocycles. The van der Waals surface area contributed by atoms with Gasteiger partial charge < -0.3 is 9.47 Å². The molecule has 1 aliphatic rings. The Morgan fingerprint density at radius 3 is 2.85 bits per heavy atom. The summed E-state index contributed by atoms with van der Waals surface area (Å²) in [5.74, 6) is 0. The van der Waals surface area contributed by atoms with Crippen LogP contribution < -0.4 is 0 Å². The molecule has 0 spiro atoms. The molecule has 3 nitrogen and oxygen atoms in total. The number of hydrogen-bond donors (Lipinski definition) is 0. The van der Waals surface area contributed by atoms with Crippen LogP contribution in [0.15, 0.2) is 41.5 Å². The second kappa shape index (κ2) is 5.25. The number of rotatable bonds is 4. The van der Waals surface area contributed by atoms with Crippen LogP contribution in [0.4, 0.5) is 0 Å². The zero-order chi connectivity index (χ0) is 14.1. The van der Waals surface area contributed by atoms with E-state index in [0.717, 1.165) is 25.2 Å². The first-order valence-electron chi connectivity index (χ1n) is 7.15. The third-order valence-corrected chi connectivity index (χ3v) is 3.69. The summed E-state index contributed by atoms with van der Waals surface area (Å²) in [6, 6.07) is 10.8. The Bertz CT molecular complexity index is 650. The summed E-state index contributed by atoms with van der Waals surface area (Å²) >= 11 is 0. The molecule has 1 aromatic heterocycles. The van der Waals surface area contributed by atoms with E-state index in [2.05, 4.69) is 67.0 Å². The first-order chi connectivity index (χ1) is 9.66. The van der Waals surface area contributed by atoms with Crippen molar-refractivity contribution in [1.29, 1.82) is 0 Å². The lowest BCUT2D eigenvalue weighted by molar-refractivity contribution is 0.403. The van der Waals surface area contributed by atoms with Crippen LogP contribution in [0, 0.1) is 6.92 Å². The van der Waals surface area contributed by atoms with Gasteiger partial charge in [-0.3, -0.25) is 4.99 Å². The highest BCUT2D eigenvalue weighted by atomic mass is 15.1. The Kier molecular flexibility index (Phi) is 3.45. The molecule has 104 valence electrons. The van der Waals surface area contributed by atoms with Crippen molar-refractivity contribution in [1.82, 2.24) is 9.47 Å². The van der Waals surface area contributed by atoms with Crippen molar-refractivity contribution >= 4 is 5.71 Å². The van der Waals surface area contributed by atoms with Gasteiger partial charge >= 0.3 is 0 Å². The van der Waals surface area contributed by atoms with Crippen molar-refractivity contribution < 1.29 is 0 Å². The zero-order valence-electron chi connectivity index (χ0n) is 12.4. The summed E-state index contributed by atoms with van der Waals surface area (Å²) in [5, 5.41) is 0. The minimum Gasteiger partial charge on any atom is -0.314 e. The quantitative estimate of drug-likeness (QED) is 0.666. The average molecular weight is 267 g/mol. The Balaban J connectivity index is 1.92. The van der Waals surface area contributed by atoms with Crippen LogP contribution in [0.5, 0.6) is 0 Å². The zero-order valence-corrected chi connectivity index (χ0v) is 12.4. The standard InChI is InChI=1S/C17H21N3/c1-13-7-8-15-14(12-13)17(16-6-4-11-20(15)16)18-9-5-10-19(2)3/h4,6-8,11-12H,5,9-10H2,1-3H3. The molecule has 0 atom stereocenters. The molecule has 2 heterocycles. The summed E-state index contributed by atoms with van der Waals surface area (Å²) in [6.07, 6.45) is 3.21. The van der Waals surface area contributed by atoms with Crippen molar-refractivity contribution in [2.75, 3.05) is 27.2 Å². The highest BCUT2D eigenvalue weighted by Crippen LogP contribution is 2.29. The number of aromatic nitrogens is 1. The first kappa shape index (κ1) is 13.1. The van der Waals surface area contributed by atoms with Gasteiger partial charge in [0.2, 0.25) is 0 Å². The van der Waals surface area contributed by atoms with Crippen LogP contribution in [0.1, 0.15) is 23.2 Å². The van der Waals surface area contributed by atoms with Crippen molar-refractivity contribution in [2.45, 2.75) is 13.3 Å². The van der Waals surface area contributed by atoms with Crippen molar-refractivity contribution in [2.24, 2.45) is 4.99 Å². The molecule has 0 bridgehead atoms. The normalized spacial score (nSPS) is 14.9. The number of nitrogens with zero attached hydrogens (tertiary/aromatic N) is 3. The summed E-state index contributed by atoms with van der Waals surface area (Å²) in [6.45, 7) is 4.10. The molecule has 3 rings (SSSR count). The third kappa shape index (κ3) is 2.29. The molecule has 1 aliphatic heterocycles. The molecule has 0 N–H and O–H groups in total. The maximum absolute atomic E-state index is 4.86. The van der Waals surface area contributed by atoms with Gasteiger partial charge in [-0.05, 0) is 58.3 Å². The van der Waals surface area contributed by atoms with E-state index in [-0.39, 0.29) is 0 Å². The van der Waals surface area contributed by atoms with E-state index in [0.29, 0.717) is 0 Å². The summed E-state index contributed by atoms with van der Waals surface area (Å²) < 4.78 is 2.24. The smallest absolute Gasteiger partial charge is 0.0908 e. The predicted octanol–water partition coefficient (Wildman–Crippen LogP) is 2.89. The number of fused-ring (bicyclic) bond motifs is 3. The number of aryl methyl sites for hydroxylation is 1. The molecule has 2 aromatic rings. The largest absolute Gasteiger partial charge is 0.314 e. The fourth-order valence-electron chi connectivity index (χ4n) is 2.72. The Hall–Kier alpha value is -1.87. The van der Waals surface area contributed by atoms with Crippen LogP contribution in [-0.4, -0.2) is 42.4 Å². The molecular weight excluding hydrogens is 246 g/mol. The second-order valence-electron chi connectivity index (χ2n) is 5.67. The van der Waals surface area contributed by atoms with E-state index >= 15 is 0 Å². The molecular formula is C17H21N3. The monoisotopic (exact) mass is 267 g/mol. The fourth-order valence-corrected chi connectivity index (χ4v) is 2.72. The molecule has 3 heteroatoms. The summed E-state index contributed by atoms with van der Waals surface area (Å²) in [5.41, 5.74) is 6.17. The lowest BCUT2D eigenvalue weighted by atomic mass is 10.1. The number of hydrogen-bond acceptors (Lipinski definition) is 2. The lowest BCUT2D eigenvalue weighted by Gasteiger charge is -2.07. The minimum atomic E-state index is 0.881. The van der Waals surface area contributed by atoms with E-state index < -0.39 is 0 Å². The highest BCUT2D eigenvalue weighted by Gasteiger charge is 2.23. The Morgan fingerprint density at radius 1 is 1.20 bits per heavy atom. The summed E-state index contributed by atoms with van der Waals surface area (Å²) in [4.78, 5) is 7.06. The van der Waals surface area contributed by atoms with Crippen molar-refractivity contribution in [3.8, 4) is 5.69 Å². The Labute approximate surface area is 120 Å². The summed E-state index contributed by atoms with van der Waals surface area (Å²) in [7, 11) is 4.21. The topological polar surface area (TPSA) is 20.5 Å². The van der Waals surface area contributed by atoms with Crippen LogP contribution in [0.25, 0.3) is 5.69 Å². The lowest BCUT2D eigenvalue weighted by Crippen LogP contribution is -2.14. The molecule has 0 saturated heterocycles. The van der Waals surface area contributed by atoms with Crippen molar-refractivity contribution in [3.63, 3.8) is 0 Å². The maximum atomic E-state index is 4.86. The Morgan fingerprint density at radius 2 is 2.05 bits per heavy atom. The number of benzene rings is 1. The van der Waals surface area contributed by atoms with Gasteiger partial charge in [-0.25, -0.2) is 0 Å². The van der Waals surface area contributed by atoms with E-state index in [1.54, 1.807) is 0 Å². The fraction of sp³-hybridized carbons (Fsp3) is 0.353. The molecule has 0 aliphatic carbocycles. The van der Waals surface area contributed by atoms with Gasteiger partial charge in [-0.15, -0.1) is 0 Å². The van der Waals surface area contributed by atoms with Gasteiger partial charge in [-0.1, -0.05) is 11.6 Å². The average Bonchev–Trinajstić information content (AvgIpc) is 2.96. The SMILES string of the molecule is Cc1ccc2c(c1)C(=NCCCN(C)C)c1cccn1-2. The third-order valence-electron chi connectivity index (χ3n) is 3.69. The van der Waals surface area contributed by atoms with E-state index in [1.165, 1.54) is 22.5 Å². The minimum absolute atomic E-state index is 0.881. The van der Waals surface area contributed by atoms with Crippen LogP contribution in [-0.2, 0) is 0 Å². The van der Waals surface area contributed by atoms with Crippen LogP contribution in [0.3, 0.4) is 0 Å². The predicted molar refractivity (Wildman–Crippen MR) is 84.2 cm³/mol. The van der Waals surface area contributed by atoms with Gasteiger partial charge in [0.05, 0.1) is 17.1 Å². The van der Waals surface area contributed by atoms with Gasteiger partial charge in [0.15, 0.2) is 0 Å². The van der Waals surface area contributed by atoms with Crippen molar-refractivity contribution in [3.05, 3.63) is 53.3 Å². The molecule has 0 amide bonds. The van der Waals surface area contributed by atoms with E-state index in [1.807, 2.05) is 0 Å². The van der Waals surface area contributed by atoms with Gasteiger partial charge in [0.1, 0.15) is 0 Å². The second-order valence-corrected chi connectivity index (χ2v) is 5.67. The number of aliphatic imine (C=N–C) groups is 1. The molecule has 0 unspecified atom stereocenters. The molecule has 20 heavy (non-hydrogen) atoms. The molecule has 0 saturated carbocycles. The van der Waals surface area contributed by atoms with Gasteiger partial charge in [0, 0.05) is 18.3 Å². The molecule has 0 radical (unpaired) electrons. The molecule has 0 fully saturated rings. The maximum Gasteiger partial charge on any atom is 0.0908 e. The van der Waals surface area contributed by atoms with Crippen LogP contribution in [0.2, 0.25) is 0 Å². The first-order valence-corrected chi connectivity index (χ1v) is 7.15.